The molecule has 4 heteroatoms. The van der Waals surface area contributed by atoms with Crippen LogP contribution in [0.25, 0.3) is 0 Å². The number of rotatable bonds is 1. The van der Waals surface area contributed by atoms with Crippen LogP contribution in [0.3, 0.4) is 0 Å². The van der Waals surface area contributed by atoms with Gasteiger partial charge in [0.2, 0.25) is 0 Å². The minimum Gasteiger partial charge on any atom is -0.363 e. The summed E-state index contributed by atoms with van der Waals surface area (Å²) in [5.41, 5.74) is 1.96. The van der Waals surface area contributed by atoms with Gasteiger partial charge in [-0.15, -0.1) is 0 Å². The zero-order valence-corrected chi connectivity index (χ0v) is 11.6. The number of benzene rings is 1. The first-order valence-corrected chi connectivity index (χ1v) is 6.81. The molecule has 1 aliphatic rings. The largest absolute Gasteiger partial charge is 0.363 e. The predicted octanol–water partition coefficient (Wildman–Crippen LogP) is 3.43. The Bertz CT molecular complexity index is 465. The molecule has 0 atom stereocenters. The Morgan fingerprint density at radius 2 is 1.95 bits per heavy atom. The second-order valence-corrected chi connectivity index (χ2v) is 5.06. The molecule has 19 heavy (non-hydrogen) atoms. The highest BCUT2D eigenvalue weighted by atomic mass is 16.2. The number of carbonyl (C=O) groups excluding carboxylic acids is 1. The van der Waals surface area contributed by atoms with Gasteiger partial charge in [-0.25, -0.2) is 4.79 Å². The smallest absolute Gasteiger partial charge is 0.347 e. The van der Waals surface area contributed by atoms with E-state index in [0.29, 0.717) is 0 Å². The third-order valence-corrected chi connectivity index (χ3v) is 3.37. The molecule has 0 aromatic heterocycles. The van der Waals surface area contributed by atoms with Gasteiger partial charge in [-0.05, 0) is 31.9 Å². The normalized spacial score (nSPS) is 18.2. The maximum atomic E-state index is 11.9. The summed E-state index contributed by atoms with van der Waals surface area (Å²) < 4.78 is 0. The van der Waals surface area contributed by atoms with Gasteiger partial charge in [0.05, 0.1) is 0 Å². The highest BCUT2D eigenvalue weighted by molar-refractivity contribution is 5.99. The molecule has 1 aromatic rings. The molecule has 0 radical (unpaired) electrons. The van der Waals surface area contributed by atoms with Crippen molar-refractivity contribution in [1.29, 1.82) is 0 Å². The van der Waals surface area contributed by atoms with E-state index in [2.05, 4.69) is 15.2 Å². The zero-order valence-electron chi connectivity index (χ0n) is 11.6. The van der Waals surface area contributed by atoms with E-state index < -0.39 is 0 Å². The lowest BCUT2D eigenvalue weighted by atomic mass is 10.2. The quantitative estimate of drug-likeness (QED) is 0.839. The molecule has 0 spiro atoms. The standard InChI is InChI=1S/C15H21N3O/c1-12-7-9-13(10-8-12)16-15(19)17-14-6-4-3-5-11-18(14)2/h7-10H,3-6,11H2,1-2H3,(H,16,19). The number of hydrogen-bond acceptors (Lipinski definition) is 1. The third kappa shape index (κ3) is 4.09. The average molecular weight is 259 g/mol. The second kappa shape index (κ2) is 6.36. The van der Waals surface area contributed by atoms with Crippen molar-refractivity contribution in [3.05, 3.63) is 29.8 Å². The van der Waals surface area contributed by atoms with E-state index >= 15 is 0 Å². The van der Waals surface area contributed by atoms with Crippen molar-refractivity contribution in [2.75, 3.05) is 18.9 Å². The van der Waals surface area contributed by atoms with Crippen molar-refractivity contribution in [3.8, 4) is 0 Å². The molecule has 4 nitrogen and oxygen atoms in total. The topological polar surface area (TPSA) is 44.7 Å². The second-order valence-electron chi connectivity index (χ2n) is 5.06. The van der Waals surface area contributed by atoms with Crippen LogP contribution >= 0.6 is 0 Å². The molecule has 1 N–H and O–H groups in total. The van der Waals surface area contributed by atoms with Gasteiger partial charge in [-0.3, -0.25) is 0 Å². The van der Waals surface area contributed by atoms with Gasteiger partial charge in [0.15, 0.2) is 0 Å². The Morgan fingerprint density at radius 3 is 2.68 bits per heavy atom. The van der Waals surface area contributed by atoms with Crippen LogP contribution in [0.5, 0.6) is 0 Å². The Balaban J connectivity index is 2.01. The van der Waals surface area contributed by atoms with Crippen LogP contribution < -0.4 is 5.32 Å². The fraction of sp³-hybridized carbons (Fsp3) is 0.467. The molecule has 0 aliphatic carbocycles. The van der Waals surface area contributed by atoms with Crippen molar-refractivity contribution in [3.63, 3.8) is 0 Å². The van der Waals surface area contributed by atoms with Crippen LogP contribution in [0.1, 0.15) is 31.2 Å². The van der Waals surface area contributed by atoms with Crippen molar-refractivity contribution in [1.82, 2.24) is 4.90 Å². The first-order valence-electron chi connectivity index (χ1n) is 6.81. The fourth-order valence-electron chi connectivity index (χ4n) is 2.18. The van der Waals surface area contributed by atoms with E-state index in [1.165, 1.54) is 18.4 Å². The van der Waals surface area contributed by atoms with Crippen LogP contribution in [0.15, 0.2) is 29.3 Å². The number of amidine groups is 1. The highest BCUT2D eigenvalue weighted by Crippen LogP contribution is 2.12. The molecule has 1 fully saturated rings. The van der Waals surface area contributed by atoms with E-state index in [1.54, 1.807) is 0 Å². The summed E-state index contributed by atoms with van der Waals surface area (Å²) in [6.07, 6.45) is 4.39. The Morgan fingerprint density at radius 1 is 1.21 bits per heavy atom. The van der Waals surface area contributed by atoms with E-state index in [0.717, 1.165) is 30.9 Å². The molecule has 1 aromatic carbocycles. The lowest BCUT2D eigenvalue weighted by molar-refractivity contribution is 0.259. The van der Waals surface area contributed by atoms with E-state index in [-0.39, 0.29) is 6.03 Å². The summed E-state index contributed by atoms with van der Waals surface area (Å²) in [5, 5.41) is 2.80. The van der Waals surface area contributed by atoms with Crippen molar-refractivity contribution in [2.24, 2.45) is 4.99 Å². The maximum absolute atomic E-state index is 11.9. The summed E-state index contributed by atoms with van der Waals surface area (Å²) in [4.78, 5) is 18.2. The van der Waals surface area contributed by atoms with E-state index in [1.807, 2.05) is 38.2 Å². The zero-order chi connectivity index (χ0) is 13.7. The molecule has 1 aliphatic heterocycles. The van der Waals surface area contributed by atoms with Crippen LogP contribution in [0.2, 0.25) is 0 Å². The third-order valence-electron chi connectivity index (χ3n) is 3.37. The van der Waals surface area contributed by atoms with E-state index in [9.17, 15) is 4.79 Å². The van der Waals surface area contributed by atoms with Crippen LogP contribution in [-0.4, -0.2) is 30.4 Å². The van der Waals surface area contributed by atoms with Crippen LogP contribution in [0.4, 0.5) is 10.5 Å². The summed E-state index contributed by atoms with van der Waals surface area (Å²) in [6, 6.07) is 7.45. The summed E-state index contributed by atoms with van der Waals surface area (Å²) in [7, 11) is 2.00. The first-order chi connectivity index (χ1) is 9.15. The number of carbonyl (C=O) groups is 1. The van der Waals surface area contributed by atoms with Gasteiger partial charge in [-0.2, -0.15) is 4.99 Å². The number of hydrogen-bond donors (Lipinski definition) is 1. The predicted molar refractivity (Wildman–Crippen MR) is 78.7 cm³/mol. The summed E-state index contributed by atoms with van der Waals surface area (Å²) in [6.45, 7) is 3.00. The van der Waals surface area contributed by atoms with Crippen LogP contribution in [-0.2, 0) is 0 Å². The minimum atomic E-state index is -0.285. The molecular weight excluding hydrogens is 238 g/mol. The number of likely N-dealkylation sites (tertiary alicyclic amines) is 1. The average Bonchev–Trinajstić information content (AvgIpc) is 2.58. The van der Waals surface area contributed by atoms with E-state index in [4.69, 9.17) is 0 Å². The van der Waals surface area contributed by atoms with Gasteiger partial charge in [0.25, 0.3) is 0 Å². The fourth-order valence-corrected chi connectivity index (χ4v) is 2.18. The number of aryl methyl sites for hydroxylation is 1. The number of nitrogens with one attached hydrogen (secondary N) is 1. The number of urea groups is 1. The molecule has 1 heterocycles. The monoisotopic (exact) mass is 259 g/mol. The first kappa shape index (κ1) is 13.6. The SMILES string of the molecule is Cc1ccc(NC(=O)N=C2CCCCCN2C)cc1. The van der Waals surface area contributed by atoms with Gasteiger partial charge >= 0.3 is 6.03 Å². The summed E-state index contributed by atoms with van der Waals surface area (Å²) >= 11 is 0. The molecular formula is C15H21N3O. The number of aliphatic imine (C=N–C) groups is 1. The molecule has 102 valence electrons. The van der Waals surface area contributed by atoms with Gasteiger partial charge in [0.1, 0.15) is 5.84 Å². The van der Waals surface area contributed by atoms with Gasteiger partial charge in [-0.1, -0.05) is 24.1 Å². The van der Waals surface area contributed by atoms with Crippen molar-refractivity contribution >= 4 is 17.6 Å². The number of nitrogens with zero attached hydrogens (tertiary/aromatic N) is 2. The van der Waals surface area contributed by atoms with Crippen LogP contribution in [0, 0.1) is 6.92 Å². The maximum Gasteiger partial charge on any atom is 0.347 e. The highest BCUT2D eigenvalue weighted by Gasteiger charge is 2.12. The molecule has 0 bridgehead atoms. The Hall–Kier alpha value is -1.84. The number of amides is 2. The Kier molecular flexibility index (Phi) is 4.55. The lowest BCUT2D eigenvalue weighted by Gasteiger charge is -2.17. The van der Waals surface area contributed by atoms with Gasteiger partial charge < -0.3 is 10.2 Å². The minimum absolute atomic E-state index is 0.285. The molecule has 0 saturated carbocycles. The summed E-state index contributed by atoms with van der Waals surface area (Å²) in [5.74, 6) is 0.891. The molecule has 2 rings (SSSR count). The van der Waals surface area contributed by atoms with Crippen molar-refractivity contribution < 1.29 is 4.79 Å². The molecule has 1 saturated heterocycles. The lowest BCUT2D eigenvalue weighted by Crippen LogP contribution is -2.27. The Labute approximate surface area is 114 Å². The number of anilines is 1. The molecule has 0 unspecified atom stereocenters. The van der Waals surface area contributed by atoms with Gasteiger partial charge in [0, 0.05) is 25.7 Å². The van der Waals surface area contributed by atoms with Crippen molar-refractivity contribution in [2.45, 2.75) is 32.6 Å². The molecule has 2 amide bonds.